The second kappa shape index (κ2) is 5.82. The van der Waals surface area contributed by atoms with Crippen molar-refractivity contribution in [2.24, 2.45) is 0 Å². The summed E-state index contributed by atoms with van der Waals surface area (Å²) in [5, 5.41) is 8.47. The highest BCUT2D eigenvalue weighted by molar-refractivity contribution is 5.14. The third-order valence-electron chi connectivity index (χ3n) is 2.00. The maximum absolute atomic E-state index is 8.47. The van der Waals surface area contributed by atoms with E-state index in [9.17, 15) is 0 Å². The molecule has 1 rings (SSSR count). The molecule has 0 N–H and O–H groups in total. The summed E-state index contributed by atoms with van der Waals surface area (Å²) in [4.78, 5) is 2.04. The Labute approximate surface area is 85.1 Å². The summed E-state index contributed by atoms with van der Waals surface area (Å²) in [6.07, 6.45) is 2.32. The molecule has 0 unspecified atom stereocenters. The van der Waals surface area contributed by atoms with Crippen LogP contribution in [0.25, 0.3) is 0 Å². The summed E-state index contributed by atoms with van der Waals surface area (Å²) in [6, 6.07) is 12.3. The highest BCUT2D eigenvalue weighted by atomic mass is 15.1. The number of hydrogen-bond donors (Lipinski definition) is 0. The van der Waals surface area contributed by atoms with Gasteiger partial charge < -0.3 is 4.90 Å². The molecule has 72 valence electrons. The molecule has 0 atom stereocenters. The van der Waals surface area contributed by atoms with Crippen LogP contribution in [0.4, 0.5) is 0 Å². The van der Waals surface area contributed by atoms with Crippen molar-refractivity contribution < 1.29 is 0 Å². The van der Waals surface area contributed by atoms with E-state index in [2.05, 4.69) is 24.8 Å². The molecular weight excluding hydrogens is 172 g/mol. The summed E-state index contributed by atoms with van der Waals surface area (Å²) in [5.74, 6) is 0. The molecule has 0 aliphatic rings. The van der Waals surface area contributed by atoms with Crippen LogP contribution in [0.3, 0.4) is 0 Å². The quantitative estimate of drug-likeness (QED) is 0.706. The second-order valence-corrected chi connectivity index (χ2v) is 3.05. The third-order valence-corrected chi connectivity index (χ3v) is 2.00. The van der Waals surface area contributed by atoms with Gasteiger partial charge in [0.2, 0.25) is 0 Å². The third kappa shape index (κ3) is 3.32. The van der Waals surface area contributed by atoms with Gasteiger partial charge in [0.25, 0.3) is 0 Å². The van der Waals surface area contributed by atoms with Gasteiger partial charge in [-0.25, -0.2) is 0 Å². The van der Waals surface area contributed by atoms with Crippen LogP contribution >= 0.6 is 0 Å². The summed E-state index contributed by atoms with van der Waals surface area (Å²) in [6.45, 7) is 5.30. The first kappa shape index (κ1) is 10.3. The number of rotatable bonds is 5. The van der Waals surface area contributed by atoms with E-state index in [4.69, 9.17) is 5.26 Å². The van der Waals surface area contributed by atoms with Crippen LogP contribution in [0, 0.1) is 11.3 Å². The van der Waals surface area contributed by atoms with Gasteiger partial charge in [0.1, 0.15) is 0 Å². The highest BCUT2D eigenvalue weighted by Gasteiger charge is 1.98. The van der Waals surface area contributed by atoms with Gasteiger partial charge in [-0.15, -0.1) is 0 Å². The molecule has 0 saturated heterocycles. The molecule has 0 amide bonds. The fourth-order valence-corrected chi connectivity index (χ4v) is 1.25. The highest BCUT2D eigenvalue weighted by Crippen LogP contribution is 2.04. The molecule has 2 nitrogen and oxygen atoms in total. The van der Waals surface area contributed by atoms with Gasteiger partial charge >= 0.3 is 0 Å². The van der Waals surface area contributed by atoms with Gasteiger partial charge in [-0.3, -0.25) is 0 Å². The average molecular weight is 186 g/mol. The lowest BCUT2D eigenvalue weighted by atomic mass is 10.2. The van der Waals surface area contributed by atoms with E-state index in [1.54, 1.807) is 6.20 Å². The van der Waals surface area contributed by atoms with E-state index in [-0.39, 0.29) is 0 Å². The molecule has 0 radical (unpaired) electrons. The lowest BCUT2D eigenvalue weighted by molar-refractivity contribution is 0.379. The van der Waals surface area contributed by atoms with E-state index >= 15 is 0 Å². The topological polar surface area (TPSA) is 27.0 Å². The lowest BCUT2D eigenvalue weighted by Crippen LogP contribution is -2.17. The lowest BCUT2D eigenvalue weighted by Gasteiger charge is -2.18. The van der Waals surface area contributed by atoms with Crippen molar-refractivity contribution in [3.05, 3.63) is 48.7 Å². The predicted molar refractivity (Wildman–Crippen MR) is 57.3 cm³/mol. The summed E-state index contributed by atoms with van der Waals surface area (Å²) in [7, 11) is 0. The molecule has 0 aromatic heterocycles. The van der Waals surface area contributed by atoms with Crippen molar-refractivity contribution in [1.82, 2.24) is 4.90 Å². The van der Waals surface area contributed by atoms with Crippen LogP contribution in [0.1, 0.15) is 12.0 Å². The van der Waals surface area contributed by atoms with Crippen molar-refractivity contribution in [2.45, 2.75) is 13.0 Å². The summed E-state index contributed by atoms with van der Waals surface area (Å²) in [5.41, 5.74) is 1.24. The van der Waals surface area contributed by atoms with Crippen molar-refractivity contribution in [3.63, 3.8) is 0 Å². The zero-order valence-electron chi connectivity index (χ0n) is 8.19. The molecule has 0 aliphatic carbocycles. The van der Waals surface area contributed by atoms with Gasteiger partial charge in [0.15, 0.2) is 0 Å². The number of hydrogen-bond acceptors (Lipinski definition) is 2. The molecule has 0 heterocycles. The first-order valence-electron chi connectivity index (χ1n) is 4.64. The molecule has 0 bridgehead atoms. The molecule has 1 aromatic carbocycles. The molecule has 2 heteroatoms. The fraction of sp³-hybridized carbons (Fsp3) is 0.250. The normalized spacial score (nSPS) is 9.07. The maximum Gasteiger partial charge on any atom is 0.0640 e. The van der Waals surface area contributed by atoms with Crippen molar-refractivity contribution >= 4 is 0 Å². The van der Waals surface area contributed by atoms with E-state index < -0.39 is 0 Å². The minimum Gasteiger partial charge on any atom is -0.373 e. The van der Waals surface area contributed by atoms with Crippen LogP contribution in [-0.4, -0.2) is 11.4 Å². The largest absolute Gasteiger partial charge is 0.373 e. The maximum atomic E-state index is 8.47. The average Bonchev–Trinajstić information content (AvgIpc) is 2.25. The Morgan fingerprint density at radius 1 is 1.36 bits per heavy atom. The minimum atomic E-state index is 0.541. The first-order valence-corrected chi connectivity index (χ1v) is 4.64. The van der Waals surface area contributed by atoms with Crippen molar-refractivity contribution in [3.8, 4) is 6.07 Å². The first-order chi connectivity index (χ1) is 6.86. The van der Waals surface area contributed by atoms with Crippen molar-refractivity contribution in [2.75, 3.05) is 6.54 Å². The molecule has 14 heavy (non-hydrogen) atoms. The summed E-state index contributed by atoms with van der Waals surface area (Å²) < 4.78 is 0. The molecule has 0 spiro atoms. The number of nitrogens with zero attached hydrogens (tertiary/aromatic N) is 2. The number of benzene rings is 1. The van der Waals surface area contributed by atoms with Crippen LogP contribution in [0.15, 0.2) is 43.1 Å². The summed E-state index contributed by atoms with van der Waals surface area (Å²) >= 11 is 0. The van der Waals surface area contributed by atoms with Crippen LogP contribution in [-0.2, 0) is 6.54 Å². The zero-order valence-corrected chi connectivity index (χ0v) is 8.19. The molecule has 0 aliphatic heterocycles. The Morgan fingerprint density at radius 3 is 2.64 bits per heavy atom. The van der Waals surface area contributed by atoms with Crippen LogP contribution in [0.5, 0.6) is 0 Å². The van der Waals surface area contributed by atoms with Gasteiger partial charge in [0.05, 0.1) is 12.5 Å². The number of nitriles is 1. The van der Waals surface area contributed by atoms with Crippen LogP contribution < -0.4 is 0 Å². The van der Waals surface area contributed by atoms with Crippen molar-refractivity contribution in [1.29, 1.82) is 5.26 Å². The molecule has 0 saturated carbocycles. The Balaban J connectivity index is 2.49. The Bertz CT molecular complexity index is 311. The molecule has 0 fully saturated rings. The Kier molecular flexibility index (Phi) is 4.30. The van der Waals surface area contributed by atoms with Gasteiger partial charge in [-0.05, 0) is 11.8 Å². The van der Waals surface area contributed by atoms with E-state index in [1.807, 2.05) is 23.1 Å². The van der Waals surface area contributed by atoms with Gasteiger partial charge in [-0.1, -0.05) is 36.9 Å². The minimum absolute atomic E-state index is 0.541. The van der Waals surface area contributed by atoms with Gasteiger partial charge in [-0.2, -0.15) is 5.26 Å². The monoisotopic (exact) mass is 186 g/mol. The van der Waals surface area contributed by atoms with E-state index in [0.29, 0.717) is 6.42 Å². The molecular formula is C12H14N2. The Morgan fingerprint density at radius 2 is 2.07 bits per heavy atom. The van der Waals surface area contributed by atoms with E-state index in [0.717, 1.165) is 13.1 Å². The van der Waals surface area contributed by atoms with Crippen LogP contribution in [0.2, 0.25) is 0 Å². The fourth-order valence-electron chi connectivity index (χ4n) is 1.25. The SMILES string of the molecule is C=CN(CCC#N)Cc1ccccc1. The van der Waals surface area contributed by atoms with Gasteiger partial charge in [0, 0.05) is 13.1 Å². The second-order valence-electron chi connectivity index (χ2n) is 3.05. The standard InChI is InChI=1S/C12H14N2/c1-2-14(10-6-9-13)11-12-7-4-3-5-8-12/h2-5,7-8H,1,6,10-11H2. The molecule has 1 aromatic rings. The predicted octanol–water partition coefficient (Wildman–Crippen LogP) is 2.55. The zero-order chi connectivity index (χ0) is 10.2. The smallest absolute Gasteiger partial charge is 0.0640 e. The Hall–Kier alpha value is -1.75. The van der Waals surface area contributed by atoms with E-state index in [1.165, 1.54) is 5.56 Å².